The van der Waals surface area contributed by atoms with Crippen LogP contribution < -0.4 is 14.4 Å². The number of ether oxygens (including phenoxy) is 2. The van der Waals surface area contributed by atoms with Crippen LogP contribution in [0, 0.1) is 0 Å². The van der Waals surface area contributed by atoms with Crippen molar-refractivity contribution >= 4 is 112 Å². The number of rotatable bonds is 22. The van der Waals surface area contributed by atoms with E-state index in [4.69, 9.17) is 9.47 Å². The van der Waals surface area contributed by atoms with Gasteiger partial charge in [0.2, 0.25) is 5.69 Å². The van der Waals surface area contributed by atoms with Gasteiger partial charge in [-0.05, 0) is 191 Å². The average molecular weight is 1370 g/mol. The van der Waals surface area contributed by atoms with Crippen LogP contribution in [0.15, 0.2) is 171 Å². The summed E-state index contributed by atoms with van der Waals surface area (Å²) in [5, 5.41) is 11.5. The molecule has 3 aliphatic heterocycles. The lowest BCUT2D eigenvalue weighted by Gasteiger charge is -2.26. The first-order chi connectivity index (χ1) is 44.4. The van der Waals surface area contributed by atoms with Crippen LogP contribution in [0.5, 0.6) is 17.2 Å². The summed E-state index contributed by atoms with van der Waals surface area (Å²) in [7, 11) is -19.9. The molecule has 0 amide bonds. The van der Waals surface area contributed by atoms with Crippen molar-refractivity contribution in [3.8, 4) is 27.7 Å². The second-order valence-electron chi connectivity index (χ2n) is 24.6. The molecule has 1 fully saturated rings. The van der Waals surface area contributed by atoms with Crippen molar-refractivity contribution in [2.75, 3.05) is 44.2 Å². The molecule has 94 heavy (non-hydrogen) atoms. The highest BCUT2D eigenvalue weighted by molar-refractivity contribution is 7.87. The highest BCUT2D eigenvalue weighted by atomic mass is 32.2. The maximum atomic E-state index is 14.4. The van der Waals surface area contributed by atoms with Gasteiger partial charge in [0.05, 0.1) is 15.2 Å². The normalized spacial score (nSPS) is 16.5. The standard InChI is InChI=1S/C69H69N3O17S5/c1-6-71-55-31-29-50-53(39-48(91(76,77)78)41-58(50)93(82,83)84)64(55)68(2,3)60(71)16-10-7-11-17-61-69(4,5)65-54-40-49(92(79,80)81)42-59(94(85,86)87)51(54)30-32-56(65)72(61)35-15-8-12-18-62(74)89-47-26-21-44(22-27-47)67-63(52-28-23-45(73)38-57(52)90-67)66(75)43-19-24-46(25-20-43)88-37-36-70-33-13-9-14-34-70/h7,10-11,16-17,19-32,38-42H,6,8-9,12-15,18,33-37H2,1-5H3,(H4-,73,76,77,78,79,80,81,82,83,84,85,86,87)/p+1. The number of benzene rings is 7. The van der Waals surface area contributed by atoms with Gasteiger partial charge in [-0.1, -0.05) is 44.6 Å². The lowest BCUT2D eigenvalue weighted by Crippen LogP contribution is -2.33. The Morgan fingerprint density at radius 2 is 1.23 bits per heavy atom. The molecule has 5 N–H and O–H groups in total. The van der Waals surface area contributed by atoms with Crippen molar-refractivity contribution in [1.82, 2.24) is 4.90 Å². The minimum atomic E-state index is -5.02. The van der Waals surface area contributed by atoms with Crippen LogP contribution in [0.3, 0.4) is 0 Å². The molecule has 0 aliphatic carbocycles. The molecule has 8 aromatic rings. The second kappa shape index (κ2) is 26.0. The van der Waals surface area contributed by atoms with Crippen LogP contribution in [0.4, 0.5) is 11.4 Å². The van der Waals surface area contributed by atoms with Gasteiger partial charge in [0.15, 0.2) is 11.5 Å². The summed E-state index contributed by atoms with van der Waals surface area (Å²) in [6.45, 7) is 13.7. The van der Waals surface area contributed by atoms with E-state index in [-0.39, 0.29) is 39.5 Å². The minimum Gasteiger partial charge on any atom is -0.508 e. The average Bonchev–Trinajstić information content (AvgIpc) is 1.53. The van der Waals surface area contributed by atoms with Crippen molar-refractivity contribution < 1.29 is 80.6 Å². The van der Waals surface area contributed by atoms with Crippen LogP contribution >= 0.6 is 11.3 Å². The van der Waals surface area contributed by atoms with E-state index >= 15 is 0 Å². The Balaban J connectivity index is 0.815. The van der Waals surface area contributed by atoms with E-state index in [1.807, 2.05) is 56.2 Å². The van der Waals surface area contributed by atoms with Gasteiger partial charge in [-0.2, -0.15) is 38.2 Å². The zero-order chi connectivity index (χ0) is 67.5. The molecule has 1 saturated heterocycles. The number of esters is 1. The number of ketones is 1. The summed E-state index contributed by atoms with van der Waals surface area (Å²) in [5.74, 6) is 0.364. The molecule has 4 heterocycles. The minimum absolute atomic E-state index is 0.0194. The summed E-state index contributed by atoms with van der Waals surface area (Å²) in [4.78, 5) is 30.0. The Morgan fingerprint density at radius 3 is 1.85 bits per heavy atom. The maximum absolute atomic E-state index is 14.4. The Labute approximate surface area is 549 Å². The van der Waals surface area contributed by atoms with E-state index in [1.165, 1.54) is 54.9 Å². The van der Waals surface area contributed by atoms with E-state index in [0.717, 1.165) is 30.0 Å². The quantitative estimate of drug-likeness (QED) is 0.00801. The summed E-state index contributed by atoms with van der Waals surface area (Å²) in [6.07, 6.45) is 14.2. The lowest BCUT2D eigenvalue weighted by atomic mass is 9.79. The van der Waals surface area contributed by atoms with Crippen molar-refractivity contribution in [2.45, 2.75) is 110 Å². The zero-order valence-corrected chi connectivity index (χ0v) is 56.1. The molecule has 3 aliphatic rings. The SMILES string of the molecule is CCN1/C(=C/C=C/C=C/C2=[N+](CCCCCC(=O)Oc3ccc(-c4sc5cc(O)ccc5c4C(=O)c4ccc(OCCN5CCCCC5)cc4)cc3)c3ccc4c(S(=O)(=O)O)cc(S(=O)(=O)O)cc4c3C2(C)C)C(C)(C)c2c1ccc1c(S(=O)(=O)O)cc(S(=O)(=O)O)cc21. The number of anilines is 1. The summed E-state index contributed by atoms with van der Waals surface area (Å²) in [5.41, 5.74) is 3.50. The van der Waals surface area contributed by atoms with Gasteiger partial charge < -0.3 is 19.5 Å². The third-order valence-corrected chi connectivity index (χ3v) is 22.4. The number of unbranched alkanes of at least 4 members (excludes halogenated alkanes) is 2. The fourth-order valence-electron chi connectivity index (χ4n) is 13.4. The molecule has 0 spiro atoms. The smallest absolute Gasteiger partial charge is 0.311 e. The van der Waals surface area contributed by atoms with E-state index in [0.29, 0.717) is 118 Å². The molecule has 0 saturated carbocycles. The first-order valence-electron chi connectivity index (χ1n) is 30.5. The van der Waals surface area contributed by atoms with E-state index in [2.05, 4.69) is 4.90 Å². The van der Waals surface area contributed by atoms with Crippen molar-refractivity contribution in [1.29, 1.82) is 0 Å². The first-order valence-corrected chi connectivity index (χ1v) is 37.1. The van der Waals surface area contributed by atoms with Gasteiger partial charge in [0, 0.05) is 97.3 Å². The second-order valence-corrected chi connectivity index (χ2v) is 31.3. The number of fused-ring (bicyclic) bond motifs is 7. The molecule has 1 aromatic heterocycles. The van der Waals surface area contributed by atoms with Crippen molar-refractivity contribution in [3.05, 3.63) is 174 Å². The predicted octanol–water partition coefficient (Wildman–Crippen LogP) is 13.0. The number of carbonyl (C=O) groups excluding carboxylic acids is 2. The number of phenolic OH excluding ortho intramolecular Hbond substituents is 1. The van der Waals surface area contributed by atoms with Gasteiger partial charge in [0.25, 0.3) is 40.5 Å². The number of piperidine rings is 1. The molecule has 0 radical (unpaired) electrons. The van der Waals surface area contributed by atoms with Gasteiger partial charge in [-0.15, -0.1) is 11.3 Å². The van der Waals surface area contributed by atoms with Crippen LogP contribution in [-0.2, 0) is 56.1 Å². The van der Waals surface area contributed by atoms with Gasteiger partial charge in [-0.25, -0.2) is 0 Å². The maximum Gasteiger partial charge on any atom is 0.311 e. The lowest BCUT2D eigenvalue weighted by molar-refractivity contribution is -0.438. The number of aromatic hydroxyl groups is 1. The summed E-state index contributed by atoms with van der Waals surface area (Å²) in [6, 6.07) is 29.0. The monoisotopic (exact) mass is 1370 g/mol. The summed E-state index contributed by atoms with van der Waals surface area (Å²) < 4.78 is 156. The number of likely N-dealkylation sites (tertiary alicyclic amines) is 1. The molecule has 0 atom stereocenters. The van der Waals surface area contributed by atoms with E-state index in [1.54, 1.807) is 97.1 Å². The first kappa shape index (κ1) is 67.5. The fourth-order valence-corrected chi connectivity index (χ4v) is 17.3. The number of likely N-dealkylation sites (N-methyl/N-ethyl adjacent to an activating group) is 1. The fraction of sp³-hybridized carbons (Fsp3) is 0.290. The van der Waals surface area contributed by atoms with Gasteiger partial charge >= 0.3 is 5.97 Å². The number of allylic oxidation sites excluding steroid dienone is 6. The topological polar surface area (TPSA) is 300 Å². The van der Waals surface area contributed by atoms with E-state index < -0.39 is 76.9 Å². The molecule has 11 rings (SSSR count). The highest BCUT2D eigenvalue weighted by Gasteiger charge is 2.46. The Bertz CT molecular complexity index is 5010. The largest absolute Gasteiger partial charge is 0.508 e. The Hall–Kier alpha value is -7.95. The number of thiophene rings is 1. The number of hydrogen-bond acceptors (Lipinski definition) is 16. The van der Waals surface area contributed by atoms with Gasteiger partial charge in [0.1, 0.15) is 40.2 Å². The molecule has 25 heteroatoms. The number of hydrogen-bond donors (Lipinski definition) is 5. The molecule has 0 bridgehead atoms. The summed E-state index contributed by atoms with van der Waals surface area (Å²) >= 11 is 1.37. The highest BCUT2D eigenvalue weighted by Crippen LogP contribution is 2.52. The third-order valence-electron chi connectivity index (χ3n) is 17.7. The van der Waals surface area contributed by atoms with Crippen LogP contribution in [0.1, 0.15) is 107 Å². The number of nitrogens with zero attached hydrogens (tertiary/aromatic N) is 3. The number of carbonyl (C=O) groups is 2. The predicted molar refractivity (Wildman–Crippen MR) is 361 cm³/mol. The number of phenols is 1. The van der Waals surface area contributed by atoms with Crippen molar-refractivity contribution in [2.24, 2.45) is 0 Å². The molecule has 20 nitrogen and oxygen atoms in total. The molecule has 0 unspecified atom stereocenters. The van der Waals surface area contributed by atoms with E-state index in [9.17, 15) is 66.6 Å². The van der Waals surface area contributed by atoms with Crippen LogP contribution in [0.2, 0.25) is 0 Å². The van der Waals surface area contributed by atoms with Crippen LogP contribution in [-0.4, -0.2) is 123 Å². The van der Waals surface area contributed by atoms with Crippen molar-refractivity contribution in [3.63, 3.8) is 0 Å². The zero-order valence-electron chi connectivity index (χ0n) is 52.1. The Morgan fingerprint density at radius 1 is 0.628 bits per heavy atom. The molecule has 7 aromatic carbocycles. The molecular formula is C69H70N3O17S5+. The van der Waals surface area contributed by atoms with Crippen LogP contribution in [0.25, 0.3) is 42.1 Å². The molecule has 492 valence electrons. The Kier molecular flexibility index (Phi) is 18.7. The third kappa shape index (κ3) is 13.5. The molecular weight excluding hydrogens is 1300 g/mol. The van der Waals surface area contributed by atoms with Gasteiger partial charge in [-0.3, -0.25) is 32.7 Å².